The molecule has 16 nitrogen and oxygen atoms in total. The van der Waals surface area contributed by atoms with Crippen LogP contribution in [0.4, 0.5) is 0 Å². The van der Waals surface area contributed by atoms with E-state index in [1.807, 2.05) is 0 Å². The van der Waals surface area contributed by atoms with Gasteiger partial charge in [-0.3, -0.25) is 0 Å². The number of aliphatic hydroxyl groups excluding tert-OH is 10. The van der Waals surface area contributed by atoms with Gasteiger partial charge in [0.05, 0.1) is 25.9 Å². The van der Waals surface area contributed by atoms with Crippen molar-refractivity contribution in [3.63, 3.8) is 0 Å². The summed E-state index contributed by atoms with van der Waals surface area (Å²) in [7, 11) is 0. The number of ether oxygens (including phenoxy) is 6. The molecule has 6 fully saturated rings. The number of aliphatic hydroxyl groups is 10. The summed E-state index contributed by atoms with van der Waals surface area (Å²) in [5, 5.41) is 105. The van der Waals surface area contributed by atoms with Crippen LogP contribution < -0.4 is 0 Å². The van der Waals surface area contributed by atoms with Crippen molar-refractivity contribution in [2.75, 3.05) is 19.8 Å². The van der Waals surface area contributed by atoms with Crippen LogP contribution in [0.15, 0.2) is 11.6 Å². The van der Waals surface area contributed by atoms with Crippen LogP contribution in [-0.2, 0) is 28.4 Å². The van der Waals surface area contributed by atoms with Gasteiger partial charge in [-0.1, -0.05) is 66.0 Å². The molecule has 364 valence electrons. The number of fused-ring (bicyclic) bond motifs is 5. The molecule has 0 aromatic rings. The van der Waals surface area contributed by atoms with Gasteiger partial charge in [0.1, 0.15) is 73.2 Å². The van der Waals surface area contributed by atoms with E-state index in [4.69, 9.17) is 28.4 Å². The molecule has 63 heavy (non-hydrogen) atoms. The lowest BCUT2D eigenvalue weighted by atomic mass is 9.47. The van der Waals surface area contributed by atoms with Crippen molar-refractivity contribution in [1.29, 1.82) is 0 Å². The van der Waals surface area contributed by atoms with E-state index in [2.05, 4.69) is 47.6 Å². The highest BCUT2D eigenvalue weighted by Crippen LogP contribution is 2.67. The average molecular weight is 901 g/mol. The van der Waals surface area contributed by atoms with Crippen molar-refractivity contribution in [3.8, 4) is 0 Å². The quantitative estimate of drug-likeness (QED) is 0.105. The van der Waals surface area contributed by atoms with E-state index < -0.39 is 118 Å². The summed E-state index contributed by atoms with van der Waals surface area (Å²) in [5.41, 5.74) is 1.69. The zero-order valence-corrected chi connectivity index (χ0v) is 38.2. The summed E-state index contributed by atoms with van der Waals surface area (Å²) < 4.78 is 35.8. The third-order valence-electron chi connectivity index (χ3n) is 17.7. The smallest absolute Gasteiger partial charge is 0.187 e. The highest BCUT2D eigenvalue weighted by Gasteiger charge is 2.60. The molecule has 7 aliphatic rings. The van der Waals surface area contributed by atoms with E-state index >= 15 is 0 Å². The molecule has 24 atom stereocenters. The summed E-state index contributed by atoms with van der Waals surface area (Å²) in [6.45, 7) is 12.7. The summed E-state index contributed by atoms with van der Waals surface area (Å²) in [5.74, 6) is 4.87. The first kappa shape index (κ1) is 50.0. The van der Waals surface area contributed by atoms with Crippen LogP contribution in [0.5, 0.6) is 0 Å². The Morgan fingerprint density at radius 1 is 0.667 bits per heavy atom. The molecule has 0 unspecified atom stereocenters. The maximum Gasteiger partial charge on any atom is 0.187 e. The SMILES string of the molecule is CC[C@H](CC[C@@H](C)[C@H]1CC[C@@H]2[C@H]3CC=C4C[C@@H](O[C@@H]5O[C@H](CO[C@@H]6O[C@H](CO)[C@@H](O)[C@H](O)[C@H]6O)[C@@H](O)[C@H](O)[C@H]5O[C@@H]5O[C@H](CO)[C@@H](O)[C@H](O)[C@H]5O)CC[C@]4(C)[C@@H]3CC[C@@]21C)C(C)C. The Morgan fingerprint density at radius 2 is 1.29 bits per heavy atom. The highest BCUT2D eigenvalue weighted by atomic mass is 16.8. The summed E-state index contributed by atoms with van der Waals surface area (Å²) in [6, 6.07) is 0. The van der Waals surface area contributed by atoms with Crippen LogP contribution in [0.2, 0.25) is 0 Å². The van der Waals surface area contributed by atoms with E-state index in [-0.39, 0.29) is 5.41 Å². The Hall–Kier alpha value is -0.900. The van der Waals surface area contributed by atoms with Crippen molar-refractivity contribution in [2.24, 2.45) is 52.3 Å². The summed E-state index contributed by atoms with van der Waals surface area (Å²) >= 11 is 0. The van der Waals surface area contributed by atoms with Gasteiger partial charge in [-0.05, 0) is 110 Å². The largest absolute Gasteiger partial charge is 0.394 e. The van der Waals surface area contributed by atoms with Crippen LogP contribution in [0, 0.1) is 52.3 Å². The normalized spacial score (nSPS) is 50.0. The van der Waals surface area contributed by atoms with Crippen LogP contribution in [0.25, 0.3) is 0 Å². The van der Waals surface area contributed by atoms with Crippen LogP contribution in [0.3, 0.4) is 0 Å². The number of allylic oxidation sites excluding steroid dienone is 1. The van der Waals surface area contributed by atoms with Crippen molar-refractivity contribution in [1.82, 2.24) is 0 Å². The molecule has 0 spiro atoms. The molecular formula is C47H80O16. The lowest BCUT2D eigenvalue weighted by molar-refractivity contribution is -0.376. The Labute approximate surface area is 372 Å². The lowest BCUT2D eigenvalue weighted by Gasteiger charge is -2.58. The maximum atomic E-state index is 11.6. The van der Waals surface area contributed by atoms with E-state index in [0.717, 1.165) is 36.5 Å². The first-order valence-corrected chi connectivity index (χ1v) is 24.1. The Bertz CT molecular complexity index is 1510. The third kappa shape index (κ3) is 9.60. The molecule has 0 bridgehead atoms. The van der Waals surface area contributed by atoms with Gasteiger partial charge >= 0.3 is 0 Å². The Morgan fingerprint density at radius 3 is 1.92 bits per heavy atom. The average Bonchev–Trinajstić information content (AvgIpc) is 3.62. The fraction of sp³-hybridized carbons (Fsp3) is 0.957. The number of hydrogen-bond donors (Lipinski definition) is 10. The Balaban J connectivity index is 1.05. The minimum Gasteiger partial charge on any atom is -0.394 e. The number of rotatable bonds is 15. The fourth-order valence-electron chi connectivity index (χ4n) is 13.6. The lowest BCUT2D eigenvalue weighted by Crippen LogP contribution is -2.65. The summed E-state index contributed by atoms with van der Waals surface area (Å²) in [4.78, 5) is 0. The zero-order valence-electron chi connectivity index (χ0n) is 38.2. The van der Waals surface area contributed by atoms with Crippen molar-refractivity contribution in [2.45, 2.75) is 210 Å². The molecule has 16 heteroatoms. The summed E-state index contributed by atoms with van der Waals surface area (Å²) in [6.07, 6.45) is -9.48. The maximum absolute atomic E-state index is 11.6. The first-order chi connectivity index (χ1) is 29.9. The molecule has 0 aromatic carbocycles. The van der Waals surface area contributed by atoms with Gasteiger partial charge in [-0.15, -0.1) is 0 Å². The molecule has 7 rings (SSSR count). The molecule has 0 amide bonds. The third-order valence-corrected chi connectivity index (χ3v) is 17.7. The second kappa shape index (κ2) is 20.4. The molecule has 10 N–H and O–H groups in total. The van der Waals surface area contributed by atoms with Gasteiger partial charge in [0.2, 0.25) is 0 Å². The first-order valence-electron chi connectivity index (χ1n) is 24.1. The second-order valence-corrected chi connectivity index (χ2v) is 21.3. The highest BCUT2D eigenvalue weighted by molar-refractivity contribution is 5.25. The van der Waals surface area contributed by atoms with Crippen molar-refractivity contribution >= 4 is 0 Å². The van der Waals surface area contributed by atoms with E-state index in [9.17, 15) is 51.1 Å². The van der Waals surface area contributed by atoms with E-state index in [1.54, 1.807) is 0 Å². The van der Waals surface area contributed by atoms with Gasteiger partial charge < -0.3 is 79.5 Å². The van der Waals surface area contributed by atoms with Gasteiger partial charge in [0.15, 0.2) is 18.9 Å². The van der Waals surface area contributed by atoms with Gasteiger partial charge in [-0.25, -0.2) is 0 Å². The van der Waals surface area contributed by atoms with Crippen LogP contribution in [-0.4, -0.2) is 169 Å². The predicted molar refractivity (Wildman–Crippen MR) is 226 cm³/mol. The minimum absolute atomic E-state index is 0.00341. The number of hydrogen-bond acceptors (Lipinski definition) is 16. The molecular weight excluding hydrogens is 821 g/mol. The zero-order chi connectivity index (χ0) is 45.7. The minimum atomic E-state index is -1.80. The van der Waals surface area contributed by atoms with E-state index in [0.29, 0.717) is 36.0 Å². The predicted octanol–water partition coefficient (Wildman–Crippen LogP) is 1.50. The topological polar surface area (TPSA) is 258 Å². The van der Waals surface area contributed by atoms with Gasteiger partial charge in [-0.2, -0.15) is 0 Å². The van der Waals surface area contributed by atoms with Crippen molar-refractivity contribution < 1.29 is 79.5 Å². The molecule has 3 saturated heterocycles. The fourth-order valence-corrected chi connectivity index (χ4v) is 13.6. The molecule has 0 aromatic heterocycles. The second-order valence-electron chi connectivity index (χ2n) is 21.3. The van der Waals surface area contributed by atoms with Gasteiger partial charge in [0.25, 0.3) is 0 Å². The standard InChI is InChI=1S/C47H80O16/c1-7-24(22(2)3)9-8-23(4)28-12-13-29-27-11-10-25-18-26(14-16-46(25,5)30(27)15-17-47(28,29)6)59-45-42(63-44-41(57)38(54)35(51)32(20-49)61-44)39(55)36(52)33(62-45)21-58-43-40(56)37(53)34(50)31(19-48)60-43/h10,22-24,26-45,48-57H,7-9,11-21H2,1-6H3/t23-,24-,26+,27-,28-,29-,30-,31-,32-,33-,34-,35-,36-,37+,38+,39+,40-,41-,42-,43-,44+,45-,46+,47-/m1/s1. The van der Waals surface area contributed by atoms with Gasteiger partial charge in [0, 0.05) is 0 Å². The Kier molecular flexibility index (Phi) is 16.2. The molecule has 0 radical (unpaired) electrons. The molecule has 3 heterocycles. The monoisotopic (exact) mass is 901 g/mol. The van der Waals surface area contributed by atoms with Crippen LogP contribution >= 0.6 is 0 Å². The molecule has 4 aliphatic carbocycles. The molecule has 3 aliphatic heterocycles. The van der Waals surface area contributed by atoms with E-state index in [1.165, 1.54) is 50.5 Å². The molecule has 3 saturated carbocycles. The van der Waals surface area contributed by atoms with Crippen molar-refractivity contribution in [3.05, 3.63) is 11.6 Å². The van der Waals surface area contributed by atoms with Crippen LogP contribution in [0.1, 0.15) is 112 Å².